The van der Waals surface area contributed by atoms with Gasteiger partial charge < -0.3 is 10.5 Å². The normalized spacial score (nSPS) is 13.4. The van der Waals surface area contributed by atoms with Crippen molar-refractivity contribution in [2.75, 3.05) is 7.11 Å². The van der Waals surface area contributed by atoms with Gasteiger partial charge in [-0.1, -0.05) is 45.0 Å². The van der Waals surface area contributed by atoms with Crippen LogP contribution in [0.4, 0.5) is 0 Å². The molecule has 0 aliphatic rings. The number of rotatable bonds is 4. The minimum atomic E-state index is -0.192. The summed E-state index contributed by atoms with van der Waals surface area (Å²) in [6, 6.07) is 7.93. The Morgan fingerprint density at radius 2 is 2.00 bits per heavy atom. The third-order valence-corrected chi connectivity index (χ3v) is 4.17. The van der Waals surface area contributed by atoms with Gasteiger partial charge in [0, 0.05) is 17.9 Å². The van der Waals surface area contributed by atoms with E-state index in [1.54, 1.807) is 18.4 Å². The number of thiazole rings is 1. The van der Waals surface area contributed by atoms with Gasteiger partial charge in [-0.3, -0.25) is 0 Å². The highest BCUT2D eigenvalue weighted by Gasteiger charge is 2.21. The van der Waals surface area contributed by atoms with Crippen LogP contribution < -0.4 is 5.73 Å². The molecule has 2 N–H and O–H groups in total. The molecule has 108 valence electrons. The van der Waals surface area contributed by atoms with Crippen LogP contribution in [0.2, 0.25) is 0 Å². The number of hydrogen-bond donors (Lipinski definition) is 1. The van der Waals surface area contributed by atoms with Crippen LogP contribution in [0.3, 0.4) is 0 Å². The average molecular weight is 290 g/mol. The molecule has 0 radical (unpaired) electrons. The largest absolute Gasteiger partial charge is 0.380 e. The molecule has 0 saturated carbocycles. The van der Waals surface area contributed by atoms with E-state index in [4.69, 9.17) is 15.5 Å². The summed E-state index contributed by atoms with van der Waals surface area (Å²) in [4.78, 5) is 4.71. The summed E-state index contributed by atoms with van der Waals surface area (Å²) in [5.41, 5.74) is 9.75. The third-order valence-electron chi connectivity index (χ3n) is 3.25. The summed E-state index contributed by atoms with van der Waals surface area (Å²) in [7, 11) is 1.70. The van der Waals surface area contributed by atoms with Gasteiger partial charge in [-0.05, 0) is 11.1 Å². The van der Waals surface area contributed by atoms with E-state index in [0.29, 0.717) is 6.61 Å². The Morgan fingerprint density at radius 1 is 1.30 bits per heavy atom. The first-order chi connectivity index (χ1) is 9.43. The van der Waals surface area contributed by atoms with Gasteiger partial charge in [-0.25, -0.2) is 4.98 Å². The van der Waals surface area contributed by atoms with Crippen molar-refractivity contribution in [3.05, 3.63) is 51.5 Å². The van der Waals surface area contributed by atoms with Gasteiger partial charge in [0.25, 0.3) is 0 Å². The number of nitrogens with zero attached hydrogens (tertiary/aromatic N) is 1. The summed E-state index contributed by atoms with van der Waals surface area (Å²) in [5.74, 6) is 0. The monoisotopic (exact) mass is 290 g/mol. The summed E-state index contributed by atoms with van der Waals surface area (Å²) in [5, 5.41) is 3.06. The fraction of sp³-hybridized carbons (Fsp3) is 0.438. The van der Waals surface area contributed by atoms with Gasteiger partial charge in [-0.2, -0.15) is 0 Å². The summed E-state index contributed by atoms with van der Waals surface area (Å²) in [6.45, 7) is 7.06. The molecule has 4 heteroatoms. The van der Waals surface area contributed by atoms with Crippen LogP contribution in [0.1, 0.15) is 48.6 Å². The molecule has 1 aromatic carbocycles. The van der Waals surface area contributed by atoms with Gasteiger partial charge in [-0.15, -0.1) is 11.3 Å². The molecule has 0 bridgehead atoms. The molecule has 1 atom stereocenters. The SMILES string of the molecule is COCc1ccccc1C(N)c1nc(C(C)(C)C)cs1. The molecule has 20 heavy (non-hydrogen) atoms. The fourth-order valence-corrected chi connectivity index (χ4v) is 3.10. The lowest BCUT2D eigenvalue weighted by Gasteiger charge is -2.16. The smallest absolute Gasteiger partial charge is 0.114 e. The summed E-state index contributed by atoms with van der Waals surface area (Å²) < 4.78 is 5.24. The van der Waals surface area contributed by atoms with E-state index in [1.807, 2.05) is 12.1 Å². The first-order valence-corrected chi connectivity index (χ1v) is 7.59. The van der Waals surface area contributed by atoms with Crippen LogP contribution in [0.25, 0.3) is 0 Å². The summed E-state index contributed by atoms with van der Waals surface area (Å²) >= 11 is 1.63. The van der Waals surface area contributed by atoms with Gasteiger partial charge in [0.2, 0.25) is 0 Å². The zero-order valence-electron chi connectivity index (χ0n) is 12.5. The lowest BCUT2D eigenvalue weighted by Crippen LogP contribution is -2.16. The van der Waals surface area contributed by atoms with Crippen LogP contribution in [0, 0.1) is 0 Å². The zero-order chi connectivity index (χ0) is 14.8. The molecule has 2 rings (SSSR count). The second kappa shape index (κ2) is 6.04. The third kappa shape index (κ3) is 3.26. The van der Waals surface area contributed by atoms with Crippen molar-refractivity contribution in [2.24, 2.45) is 5.73 Å². The second-order valence-corrected chi connectivity index (χ2v) is 6.82. The molecule has 1 unspecified atom stereocenters. The minimum Gasteiger partial charge on any atom is -0.380 e. The second-order valence-electron chi connectivity index (χ2n) is 5.93. The molecule has 0 aliphatic carbocycles. The van der Waals surface area contributed by atoms with Gasteiger partial charge in [0.05, 0.1) is 18.3 Å². The van der Waals surface area contributed by atoms with Crippen molar-refractivity contribution < 1.29 is 4.74 Å². The number of nitrogens with two attached hydrogens (primary N) is 1. The van der Waals surface area contributed by atoms with E-state index in [0.717, 1.165) is 21.8 Å². The van der Waals surface area contributed by atoms with Crippen LogP contribution >= 0.6 is 11.3 Å². The van der Waals surface area contributed by atoms with Crippen molar-refractivity contribution in [3.8, 4) is 0 Å². The van der Waals surface area contributed by atoms with Crippen molar-refractivity contribution in [1.82, 2.24) is 4.98 Å². The molecular formula is C16H22N2OS. The van der Waals surface area contributed by atoms with Gasteiger partial charge in [0.1, 0.15) is 5.01 Å². The van der Waals surface area contributed by atoms with Crippen LogP contribution in [-0.2, 0) is 16.8 Å². The molecular weight excluding hydrogens is 268 g/mol. The first-order valence-electron chi connectivity index (χ1n) is 6.71. The molecule has 2 aromatic rings. The maximum absolute atomic E-state index is 6.40. The topological polar surface area (TPSA) is 48.1 Å². The number of hydrogen-bond acceptors (Lipinski definition) is 4. The first kappa shape index (κ1) is 15.2. The van der Waals surface area contributed by atoms with Crippen LogP contribution in [0.5, 0.6) is 0 Å². The number of aromatic nitrogens is 1. The molecule has 0 amide bonds. The van der Waals surface area contributed by atoms with E-state index in [2.05, 4.69) is 38.3 Å². The predicted octanol–water partition coefficient (Wildman–Crippen LogP) is 3.64. The Labute approximate surface area is 124 Å². The summed E-state index contributed by atoms with van der Waals surface area (Å²) in [6.07, 6.45) is 0. The number of benzene rings is 1. The van der Waals surface area contributed by atoms with Gasteiger partial charge >= 0.3 is 0 Å². The quantitative estimate of drug-likeness (QED) is 0.935. The highest BCUT2D eigenvalue weighted by Crippen LogP contribution is 2.30. The number of ether oxygens (including phenoxy) is 1. The van der Waals surface area contributed by atoms with E-state index in [1.165, 1.54) is 0 Å². The Hall–Kier alpha value is -1.23. The maximum atomic E-state index is 6.40. The molecule has 0 saturated heterocycles. The molecule has 0 fully saturated rings. The fourth-order valence-electron chi connectivity index (χ4n) is 2.03. The van der Waals surface area contributed by atoms with Crippen molar-refractivity contribution >= 4 is 11.3 Å². The Kier molecular flexibility index (Phi) is 4.58. The van der Waals surface area contributed by atoms with Crippen molar-refractivity contribution in [3.63, 3.8) is 0 Å². The van der Waals surface area contributed by atoms with Crippen molar-refractivity contribution in [1.29, 1.82) is 0 Å². The van der Waals surface area contributed by atoms with E-state index < -0.39 is 0 Å². The van der Waals surface area contributed by atoms with E-state index in [-0.39, 0.29) is 11.5 Å². The molecule has 0 aliphatic heterocycles. The lowest BCUT2D eigenvalue weighted by atomic mass is 9.93. The average Bonchev–Trinajstić information content (AvgIpc) is 2.88. The maximum Gasteiger partial charge on any atom is 0.114 e. The highest BCUT2D eigenvalue weighted by atomic mass is 32.1. The number of methoxy groups -OCH3 is 1. The van der Waals surface area contributed by atoms with Crippen LogP contribution in [0.15, 0.2) is 29.6 Å². The standard InChI is InChI=1S/C16H22N2OS/c1-16(2,3)13-10-20-15(18-13)14(17)12-8-6-5-7-11(12)9-19-4/h5-8,10,14H,9,17H2,1-4H3. The lowest BCUT2D eigenvalue weighted by molar-refractivity contribution is 0.184. The molecule has 0 spiro atoms. The molecule has 1 aromatic heterocycles. The minimum absolute atomic E-state index is 0.0561. The van der Waals surface area contributed by atoms with Gasteiger partial charge in [0.15, 0.2) is 0 Å². The Bertz CT molecular complexity index is 572. The van der Waals surface area contributed by atoms with Crippen LogP contribution in [-0.4, -0.2) is 12.1 Å². The predicted molar refractivity (Wildman–Crippen MR) is 84.0 cm³/mol. The highest BCUT2D eigenvalue weighted by molar-refractivity contribution is 7.09. The molecule has 3 nitrogen and oxygen atoms in total. The zero-order valence-corrected chi connectivity index (χ0v) is 13.3. The van der Waals surface area contributed by atoms with E-state index >= 15 is 0 Å². The Balaban J connectivity index is 2.32. The molecule has 1 heterocycles. The van der Waals surface area contributed by atoms with E-state index in [9.17, 15) is 0 Å². The van der Waals surface area contributed by atoms with Crippen molar-refractivity contribution in [2.45, 2.75) is 38.8 Å². The Morgan fingerprint density at radius 3 is 2.60 bits per heavy atom.